The smallest absolute Gasteiger partial charge is 0.0478 e. The molecule has 0 amide bonds. The number of hydrogen-bond acceptors (Lipinski definition) is 2. The second kappa shape index (κ2) is 7.95. The minimum atomic E-state index is 0.181. The highest BCUT2D eigenvalue weighted by molar-refractivity contribution is 9.10. The van der Waals surface area contributed by atoms with Gasteiger partial charge in [0.1, 0.15) is 0 Å². The van der Waals surface area contributed by atoms with E-state index in [0.29, 0.717) is 6.54 Å². The molecule has 0 saturated heterocycles. The van der Waals surface area contributed by atoms with Crippen LogP contribution in [-0.2, 0) is 6.42 Å². The topological polar surface area (TPSA) is 29.3 Å². The molecule has 2 N–H and O–H groups in total. The maximum absolute atomic E-state index is 6.01. The molecule has 112 valence electrons. The monoisotopic (exact) mass is 366 g/mol. The molecular formula is C17H20BrClN2. The summed E-state index contributed by atoms with van der Waals surface area (Å²) in [5.41, 5.74) is 8.51. The quantitative estimate of drug-likeness (QED) is 0.826. The highest BCUT2D eigenvalue weighted by Crippen LogP contribution is 2.29. The van der Waals surface area contributed by atoms with E-state index >= 15 is 0 Å². The van der Waals surface area contributed by atoms with Crippen molar-refractivity contribution in [2.24, 2.45) is 5.73 Å². The summed E-state index contributed by atoms with van der Waals surface area (Å²) in [6, 6.07) is 16.6. The lowest BCUT2D eigenvalue weighted by molar-refractivity contribution is 0.252. The Morgan fingerprint density at radius 3 is 2.52 bits per heavy atom. The van der Waals surface area contributed by atoms with Gasteiger partial charge in [-0.2, -0.15) is 0 Å². The van der Waals surface area contributed by atoms with Crippen molar-refractivity contribution in [3.63, 3.8) is 0 Å². The van der Waals surface area contributed by atoms with E-state index in [2.05, 4.69) is 52.1 Å². The largest absolute Gasteiger partial charge is 0.329 e. The number of halogens is 2. The highest BCUT2D eigenvalue weighted by atomic mass is 79.9. The summed E-state index contributed by atoms with van der Waals surface area (Å²) in [5, 5.41) is 0.730. The van der Waals surface area contributed by atoms with Crippen molar-refractivity contribution in [3.05, 3.63) is 69.2 Å². The number of nitrogens with zero attached hydrogens (tertiary/aromatic N) is 1. The Morgan fingerprint density at radius 1 is 1.19 bits per heavy atom. The summed E-state index contributed by atoms with van der Waals surface area (Å²) in [6.45, 7) is 1.53. The third-order valence-electron chi connectivity index (χ3n) is 3.67. The minimum absolute atomic E-state index is 0.181. The van der Waals surface area contributed by atoms with Crippen LogP contribution in [-0.4, -0.2) is 25.0 Å². The predicted octanol–water partition coefficient (Wildman–Crippen LogP) is 4.28. The molecule has 0 aliphatic heterocycles. The van der Waals surface area contributed by atoms with Crippen LogP contribution in [0.4, 0.5) is 0 Å². The standard InChI is InChI=1S/C17H20BrClN2/c1-21(10-9-13-5-3-2-4-6-13)17(12-20)15-8-7-14(19)11-16(15)18/h2-8,11,17H,9-10,12,20H2,1H3. The zero-order chi connectivity index (χ0) is 15.2. The molecule has 1 unspecified atom stereocenters. The van der Waals surface area contributed by atoms with Crippen molar-refractivity contribution in [3.8, 4) is 0 Å². The molecule has 0 spiro atoms. The molecule has 2 aromatic rings. The van der Waals surface area contributed by atoms with Crippen molar-refractivity contribution in [1.82, 2.24) is 4.90 Å². The maximum Gasteiger partial charge on any atom is 0.0478 e. The van der Waals surface area contributed by atoms with Gasteiger partial charge in [0.15, 0.2) is 0 Å². The van der Waals surface area contributed by atoms with Crippen molar-refractivity contribution in [1.29, 1.82) is 0 Å². The maximum atomic E-state index is 6.01. The third kappa shape index (κ3) is 4.55. The van der Waals surface area contributed by atoms with Crippen LogP contribution in [0.3, 0.4) is 0 Å². The van der Waals surface area contributed by atoms with Crippen molar-refractivity contribution in [2.75, 3.05) is 20.1 Å². The van der Waals surface area contributed by atoms with Gasteiger partial charge in [-0.25, -0.2) is 0 Å². The van der Waals surface area contributed by atoms with Crippen LogP contribution in [0, 0.1) is 0 Å². The number of likely N-dealkylation sites (N-methyl/N-ethyl adjacent to an activating group) is 1. The fraction of sp³-hybridized carbons (Fsp3) is 0.294. The Morgan fingerprint density at radius 2 is 1.90 bits per heavy atom. The van der Waals surface area contributed by atoms with Crippen LogP contribution < -0.4 is 5.73 Å². The van der Waals surface area contributed by atoms with Gasteiger partial charge >= 0.3 is 0 Å². The van der Waals surface area contributed by atoms with E-state index in [9.17, 15) is 0 Å². The number of rotatable bonds is 6. The summed E-state index contributed by atoms with van der Waals surface area (Å²) in [5.74, 6) is 0. The van der Waals surface area contributed by atoms with Gasteiger partial charge in [0.05, 0.1) is 0 Å². The van der Waals surface area contributed by atoms with Gasteiger partial charge < -0.3 is 5.73 Å². The van der Waals surface area contributed by atoms with E-state index in [-0.39, 0.29) is 6.04 Å². The molecule has 2 nitrogen and oxygen atoms in total. The Balaban J connectivity index is 2.06. The van der Waals surface area contributed by atoms with Crippen LogP contribution in [0.15, 0.2) is 53.0 Å². The van der Waals surface area contributed by atoms with E-state index < -0.39 is 0 Å². The molecule has 0 aliphatic rings. The lowest BCUT2D eigenvalue weighted by Crippen LogP contribution is -2.32. The Labute approximate surface area is 140 Å². The van der Waals surface area contributed by atoms with Crippen LogP contribution in [0.1, 0.15) is 17.2 Å². The molecule has 0 aromatic heterocycles. The summed E-state index contributed by atoms with van der Waals surface area (Å²) in [7, 11) is 2.11. The summed E-state index contributed by atoms with van der Waals surface area (Å²) >= 11 is 9.60. The average Bonchev–Trinajstić information content (AvgIpc) is 2.49. The second-order valence-electron chi connectivity index (χ2n) is 5.13. The van der Waals surface area contributed by atoms with Crippen LogP contribution >= 0.6 is 27.5 Å². The molecule has 1 atom stereocenters. The first-order valence-electron chi connectivity index (χ1n) is 7.01. The predicted molar refractivity (Wildman–Crippen MR) is 93.7 cm³/mol. The Kier molecular flexibility index (Phi) is 6.24. The van der Waals surface area contributed by atoms with Gasteiger partial charge in [0, 0.05) is 28.6 Å². The Hall–Kier alpha value is -0.870. The number of nitrogens with two attached hydrogens (primary N) is 1. The van der Waals surface area contributed by atoms with Gasteiger partial charge in [-0.15, -0.1) is 0 Å². The first kappa shape index (κ1) is 16.5. The molecule has 4 heteroatoms. The van der Waals surface area contributed by atoms with Crippen molar-refractivity contribution < 1.29 is 0 Å². The van der Waals surface area contributed by atoms with Crippen molar-refractivity contribution >= 4 is 27.5 Å². The summed E-state index contributed by atoms with van der Waals surface area (Å²) in [6.07, 6.45) is 1.01. The van der Waals surface area contributed by atoms with E-state index in [1.165, 1.54) is 11.1 Å². The van der Waals surface area contributed by atoms with E-state index in [4.69, 9.17) is 17.3 Å². The lowest BCUT2D eigenvalue weighted by Gasteiger charge is -2.28. The highest BCUT2D eigenvalue weighted by Gasteiger charge is 2.18. The molecular weight excluding hydrogens is 348 g/mol. The van der Waals surface area contributed by atoms with Crippen molar-refractivity contribution in [2.45, 2.75) is 12.5 Å². The molecule has 2 rings (SSSR count). The molecule has 0 aliphatic carbocycles. The van der Waals surface area contributed by atoms with Gasteiger partial charge in [-0.05, 0) is 36.7 Å². The van der Waals surface area contributed by atoms with Gasteiger partial charge in [-0.3, -0.25) is 4.90 Å². The lowest BCUT2D eigenvalue weighted by atomic mass is 10.0. The normalized spacial score (nSPS) is 12.6. The fourth-order valence-electron chi connectivity index (χ4n) is 2.42. The van der Waals surface area contributed by atoms with E-state index in [1.54, 1.807) is 0 Å². The van der Waals surface area contributed by atoms with Crippen LogP contribution in [0.25, 0.3) is 0 Å². The summed E-state index contributed by atoms with van der Waals surface area (Å²) < 4.78 is 1.01. The van der Waals surface area contributed by atoms with Crippen LogP contribution in [0.2, 0.25) is 5.02 Å². The molecule has 0 radical (unpaired) electrons. The Bertz CT molecular complexity index is 574. The minimum Gasteiger partial charge on any atom is -0.329 e. The van der Waals surface area contributed by atoms with Gasteiger partial charge in [0.25, 0.3) is 0 Å². The molecule has 0 saturated carbocycles. The molecule has 21 heavy (non-hydrogen) atoms. The molecule has 0 heterocycles. The van der Waals surface area contributed by atoms with E-state index in [0.717, 1.165) is 22.5 Å². The first-order valence-corrected chi connectivity index (χ1v) is 8.18. The third-order valence-corrected chi connectivity index (χ3v) is 4.59. The SMILES string of the molecule is CN(CCc1ccccc1)C(CN)c1ccc(Cl)cc1Br. The first-order chi connectivity index (χ1) is 10.1. The molecule has 0 fully saturated rings. The van der Waals surface area contributed by atoms with Crippen LogP contribution in [0.5, 0.6) is 0 Å². The number of hydrogen-bond donors (Lipinski definition) is 1. The zero-order valence-electron chi connectivity index (χ0n) is 12.1. The van der Waals surface area contributed by atoms with Gasteiger partial charge in [0.2, 0.25) is 0 Å². The average molecular weight is 368 g/mol. The molecule has 0 bridgehead atoms. The number of benzene rings is 2. The molecule has 2 aromatic carbocycles. The fourth-order valence-corrected chi connectivity index (χ4v) is 3.37. The second-order valence-corrected chi connectivity index (χ2v) is 6.42. The summed E-state index contributed by atoms with van der Waals surface area (Å²) in [4.78, 5) is 2.29. The van der Waals surface area contributed by atoms with E-state index in [1.807, 2.05) is 24.3 Å². The van der Waals surface area contributed by atoms with Gasteiger partial charge in [-0.1, -0.05) is 63.9 Å². The zero-order valence-corrected chi connectivity index (χ0v) is 14.4.